The maximum atomic E-state index is 14.4. The van der Waals surface area contributed by atoms with Crippen LogP contribution in [0, 0.1) is 5.82 Å². The third kappa shape index (κ3) is 4.91. The van der Waals surface area contributed by atoms with E-state index >= 15 is 0 Å². The molecule has 2 aromatic heterocycles. The molecule has 3 aromatic rings. The summed E-state index contributed by atoms with van der Waals surface area (Å²) in [6.45, 7) is 1.72. The summed E-state index contributed by atoms with van der Waals surface area (Å²) in [7, 11) is 1.72. The molecule has 5 rings (SSSR count). The van der Waals surface area contributed by atoms with Crippen molar-refractivity contribution in [3.8, 4) is 16.8 Å². The van der Waals surface area contributed by atoms with Crippen LogP contribution in [0.25, 0.3) is 16.8 Å². The van der Waals surface area contributed by atoms with Crippen molar-refractivity contribution in [2.75, 3.05) is 25.5 Å². The lowest BCUT2D eigenvalue weighted by Gasteiger charge is -2.32. The van der Waals surface area contributed by atoms with Crippen LogP contribution in [0.4, 0.5) is 10.1 Å². The van der Waals surface area contributed by atoms with E-state index in [2.05, 4.69) is 26.0 Å². The number of aromatic nitrogens is 3. The van der Waals surface area contributed by atoms with Crippen molar-refractivity contribution < 1.29 is 13.9 Å². The molecule has 2 fully saturated rings. The number of hydrogen-bond donors (Lipinski definition) is 3. The first-order chi connectivity index (χ1) is 16.5. The van der Waals surface area contributed by atoms with E-state index in [1.807, 2.05) is 6.07 Å². The number of benzene rings is 1. The van der Waals surface area contributed by atoms with E-state index in [4.69, 9.17) is 16.3 Å². The highest BCUT2D eigenvalue weighted by Gasteiger charge is 2.26. The smallest absolute Gasteiger partial charge is 0.254 e. The fourth-order valence-corrected chi connectivity index (χ4v) is 4.39. The number of rotatable bonds is 7. The predicted octanol–water partition coefficient (Wildman–Crippen LogP) is 3.41. The van der Waals surface area contributed by atoms with Gasteiger partial charge in [-0.05, 0) is 44.0 Å². The molecule has 3 N–H and O–H groups in total. The van der Waals surface area contributed by atoms with Crippen molar-refractivity contribution >= 4 is 23.2 Å². The molecule has 0 unspecified atom stereocenters. The molecule has 0 bridgehead atoms. The van der Waals surface area contributed by atoms with Crippen molar-refractivity contribution in [1.82, 2.24) is 25.4 Å². The van der Waals surface area contributed by atoms with Gasteiger partial charge in [-0.25, -0.2) is 9.07 Å². The van der Waals surface area contributed by atoms with Gasteiger partial charge in [-0.15, -0.1) is 0 Å². The molecule has 2 atom stereocenters. The van der Waals surface area contributed by atoms with Gasteiger partial charge >= 0.3 is 0 Å². The standard InChI is InChI=1S/C24H26ClFN6O2/c1-34-23-12-27-5-4-22(23)30-16-6-17(11-28-10-16)32-13-14(9-29-32)18-7-19(21(26)8-20(18)25)24(33)31-15-2-3-15/h6-11,13,15,22-23,27,30H,2-5,12H2,1H3,(H,31,33)/t22-,23+/m0/s1. The van der Waals surface area contributed by atoms with Gasteiger partial charge in [0.25, 0.3) is 5.91 Å². The van der Waals surface area contributed by atoms with Crippen molar-refractivity contribution in [3.63, 3.8) is 0 Å². The molecule has 1 aliphatic carbocycles. The normalized spacial score (nSPS) is 20.2. The van der Waals surface area contributed by atoms with Gasteiger partial charge in [0.05, 0.1) is 52.7 Å². The zero-order chi connectivity index (χ0) is 23.7. The first kappa shape index (κ1) is 22.8. The van der Waals surface area contributed by atoms with Crippen molar-refractivity contribution in [3.05, 3.63) is 59.4 Å². The van der Waals surface area contributed by atoms with Crippen molar-refractivity contribution in [2.24, 2.45) is 0 Å². The zero-order valence-corrected chi connectivity index (χ0v) is 19.5. The minimum absolute atomic E-state index is 0.0263. The summed E-state index contributed by atoms with van der Waals surface area (Å²) in [4.78, 5) is 16.8. The number of nitrogens with one attached hydrogen (secondary N) is 3. The summed E-state index contributed by atoms with van der Waals surface area (Å²) in [6, 6.07) is 4.92. The number of nitrogens with zero attached hydrogens (tertiary/aromatic N) is 3. The lowest BCUT2D eigenvalue weighted by molar-refractivity contribution is 0.0706. The number of pyridine rings is 1. The van der Waals surface area contributed by atoms with E-state index in [0.717, 1.165) is 43.7 Å². The number of carbonyl (C=O) groups excluding carboxylic acids is 1. The lowest BCUT2D eigenvalue weighted by atomic mass is 10.0. The molecule has 2 aliphatic rings. The molecule has 8 nitrogen and oxygen atoms in total. The quantitative estimate of drug-likeness (QED) is 0.476. The van der Waals surface area contributed by atoms with Crippen LogP contribution in [-0.4, -0.2) is 59.1 Å². The third-order valence-corrected chi connectivity index (χ3v) is 6.49. The second-order valence-electron chi connectivity index (χ2n) is 8.68. The Morgan fingerprint density at radius 3 is 2.88 bits per heavy atom. The first-order valence-corrected chi connectivity index (χ1v) is 11.7. The Kier molecular flexibility index (Phi) is 6.49. The fourth-order valence-electron chi connectivity index (χ4n) is 4.13. The van der Waals surface area contributed by atoms with E-state index in [1.165, 1.54) is 12.1 Å². The number of methoxy groups -OCH3 is 1. The number of amides is 1. The lowest BCUT2D eigenvalue weighted by Crippen LogP contribution is -2.48. The number of anilines is 1. The van der Waals surface area contributed by atoms with Crippen LogP contribution in [0.1, 0.15) is 29.6 Å². The minimum atomic E-state index is -0.644. The summed E-state index contributed by atoms with van der Waals surface area (Å²) in [5.41, 5.74) is 2.80. The average Bonchev–Trinajstić information content (AvgIpc) is 3.51. The van der Waals surface area contributed by atoms with Gasteiger partial charge in [0.2, 0.25) is 0 Å². The van der Waals surface area contributed by atoms with E-state index in [1.54, 1.807) is 36.6 Å². The largest absolute Gasteiger partial charge is 0.378 e. The van der Waals surface area contributed by atoms with Gasteiger partial charge in [-0.1, -0.05) is 11.6 Å². The van der Waals surface area contributed by atoms with Crippen LogP contribution in [0.5, 0.6) is 0 Å². The molecule has 178 valence electrons. The molecule has 3 heterocycles. The Balaban J connectivity index is 1.38. The predicted molar refractivity (Wildman–Crippen MR) is 128 cm³/mol. The molecule has 34 heavy (non-hydrogen) atoms. The third-order valence-electron chi connectivity index (χ3n) is 6.18. The van der Waals surface area contributed by atoms with Gasteiger partial charge in [0, 0.05) is 37.0 Å². The van der Waals surface area contributed by atoms with Crippen LogP contribution >= 0.6 is 11.6 Å². The number of piperidine rings is 1. The Labute approximate surface area is 201 Å². The minimum Gasteiger partial charge on any atom is -0.378 e. The van der Waals surface area contributed by atoms with Crippen LogP contribution in [0.3, 0.4) is 0 Å². The molecular formula is C24H26ClFN6O2. The van der Waals surface area contributed by atoms with Crippen LogP contribution in [-0.2, 0) is 4.74 Å². The molecule has 1 saturated carbocycles. The van der Waals surface area contributed by atoms with Crippen molar-refractivity contribution in [2.45, 2.75) is 37.5 Å². The van der Waals surface area contributed by atoms with E-state index in [9.17, 15) is 9.18 Å². The second kappa shape index (κ2) is 9.69. The number of halogens is 2. The molecule has 1 aromatic carbocycles. The summed E-state index contributed by atoms with van der Waals surface area (Å²) in [6.07, 6.45) is 9.75. The Hall–Kier alpha value is -3.01. The number of ether oxygens (including phenoxy) is 1. The molecular weight excluding hydrogens is 459 g/mol. The van der Waals surface area contributed by atoms with Gasteiger partial charge < -0.3 is 20.7 Å². The molecule has 0 radical (unpaired) electrons. The first-order valence-electron chi connectivity index (χ1n) is 11.3. The Morgan fingerprint density at radius 1 is 1.24 bits per heavy atom. The zero-order valence-electron chi connectivity index (χ0n) is 18.7. The SMILES string of the molecule is CO[C@@H]1CNCC[C@@H]1Nc1cncc(-n2cc(-c3cc(C(=O)NC4CC4)c(F)cc3Cl)cn2)c1. The maximum Gasteiger partial charge on any atom is 0.254 e. The van der Waals surface area contributed by atoms with Gasteiger partial charge in [-0.2, -0.15) is 5.10 Å². The highest BCUT2D eigenvalue weighted by atomic mass is 35.5. The second-order valence-corrected chi connectivity index (χ2v) is 9.09. The fraction of sp³-hybridized carbons (Fsp3) is 0.375. The molecule has 0 spiro atoms. The van der Waals surface area contributed by atoms with Crippen LogP contribution in [0.2, 0.25) is 5.02 Å². The maximum absolute atomic E-state index is 14.4. The summed E-state index contributed by atoms with van der Waals surface area (Å²) < 4.78 is 21.7. The van der Waals surface area contributed by atoms with Gasteiger partial charge in [-0.3, -0.25) is 9.78 Å². The van der Waals surface area contributed by atoms with E-state index in [-0.39, 0.29) is 28.8 Å². The summed E-state index contributed by atoms with van der Waals surface area (Å²) in [5, 5.41) is 14.3. The summed E-state index contributed by atoms with van der Waals surface area (Å²) >= 11 is 6.33. The molecule has 10 heteroatoms. The highest BCUT2D eigenvalue weighted by molar-refractivity contribution is 6.33. The van der Waals surface area contributed by atoms with Gasteiger partial charge in [0.1, 0.15) is 5.82 Å². The highest BCUT2D eigenvalue weighted by Crippen LogP contribution is 2.31. The van der Waals surface area contributed by atoms with Crippen LogP contribution in [0.15, 0.2) is 43.0 Å². The summed E-state index contributed by atoms with van der Waals surface area (Å²) in [5.74, 6) is -1.07. The number of carbonyl (C=O) groups is 1. The van der Waals surface area contributed by atoms with Crippen LogP contribution < -0.4 is 16.0 Å². The average molecular weight is 485 g/mol. The van der Waals surface area contributed by atoms with Crippen molar-refractivity contribution in [1.29, 1.82) is 0 Å². The topological polar surface area (TPSA) is 93.1 Å². The Bertz CT molecular complexity index is 1200. The van der Waals surface area contributed by atoms with E-state index in [0.29, 0.717) is 11.1 Å². The number of hydrogen-bond acceptors (Lipinski definition) is 6. The molecule has 1 amide bonds. The van der Waals surface area contributed by atoms with Gasteiger partial charge in [0.15, 0.2) is 0 Å². The monoisotopic (exact) mass is 484 g/mol. The Morgan fingerprint density at radius 2 is 2.09 bits per heavy atom. The van der Waals surface area contributed by atoms with E-state index < -0.39 is 11.7 Å². The molecule has 1 saturated heterocycles. The molecule has 1 aliphatic heterocycles.